The highest BCUT2D eigenvalue weighted by molar-refractivity contribution is 7.21. The number of pyridine rings is 1. The van der Waals surface area contributed by atoms with Crippen molar-refractivity contribution in [2.24, 2.45) is 0 Å². The second kappa shape index (κ2) is 10.0. The summed E-state index contributed by atoms with van der Waals surface area (Å²) in [7, 11) is 0. The molecule has 180 valence electrons. The van der Waals surface area contributed by atoms with Crippen molar-refractivity contribution in [2.75, 3.05) is 25.0 Å². The van der Waals surface area contributed by atoms with Crippen molar-refractivity contribution < 1.29 is 9.59 Å². The predicted molar refractivity (Wildman–Crippen MR) is 140 cm³/mol. The van der Waals surface area contributed by atoms with Crippen molar-refractivity contribution in [3.63, 3.8) is 0 Å². The van der Waals surface area contributed by atoms with E-state index in [4.69, 9.17) is 4.98 Å². The number of thiophene rings is 1. The summed E-state index contributed by atoms with van der Waals surface area (Å²) >= 11 is 1.45. The Hall–Kier alpha value is -3.49. The fraction of sp³-hybridized carbons (Fsp3) is 0.296. The number of rotatable bonds is 6. The Morgan fingerprint density at radius 1 is 1.06 bits per heavy atom. The highest BCUT2D eigenvalue weighted by Gasteiger charge is 2.26. The number of carbonyl (C=O) groups is 2. The molecular formula is C27H29N5O2S. The number of anilines is 1. The van der Waals surface area contributed by atoms with E-state index in [2.05, 4.69) is 28.5 Å². The minimum absolute atomic E-state index is 0.0153. The summed E-state index contributed by atoms with van der Waals surface area (Å²) in [5, 5.41) is 7.22. The lowest BCUT2D eigenvalue weighted by Crippen LogP contribution is -2.46. The summed E-state index contributed by atoms with van der Waals surface area (Å²) in [5.41, 5.74) is 3.77. The summed E-state index contributed by atoms with van der Waals surface area (Å²) in [5.74, 6) is -0.0764. The molecular weight excluding hydrogens is 458 g/mol. The van der Waals surface area contributed by atoms with Crippen LogP contribution >= 0.6 is 11.3 Å². The lowest BCUT2D eigenvalue weighted by molar-refractivity contribution is -0.117. The van der Waals surface area contributed by atoms with Gasteiger partial charge in [-0.05, 0) is 62.6 Å². The van der Waals surface area contributed by atoms with Gasteiger partial charge in [0.2, 0.25) is 5.91 Å². The fourth-order valence-electron chi connectivity index (χ4n) is 4.72. The molecule has 0 radical (unpaired) electrons. The number of amides is 2. The molecule has 3 aromatic heterocycles. The van der Waals surface area contributed by atoms with Crippen LogP contribution in [0.1, 0.15) is 33.8 Å². The number of benzene rings is 1. The molecule has 0 unspecified atom stereocenters. The Kier molecular flexibility index (Phi) is 6.66. The molecule has 1 saturated heterocycles. The Bertz CT molecular complexity index is 1340. The van der Waals surface area contributed by atoms with Crippen molar-refractivity contribution in [2.45, 2.75) is 32.7 Å². The average molecular weight is 488 g/mol. The molecule has 0 atom stereocenters. The van der Waals surface area contributed by atoms with E-state index in [1.54, 1.807) is 0 Å². The van der Waals surface area contributed by atoms with Crippen LogP contribution in [0.15, 0.2) is 60.9 Å². The molecule has 35 heavy (non-hydrogen) atoms. The fourth-order valence-corrected chi connectivity index (χ4v) is 5.92. The number of carbonyl (C=O) groups excluding carboxylic acids is 2. The topological polar surface area (TPSA) is 79.3 Å². The van der Waals surface area contributed by atoms with Gasteiger partial charge in [-0.25, -0.2) is 4.98 Å². The maximum Gasteiger partial charge on any atom is 0.263 e. The molecule has 1 aliphatic rings. The van der Waals surface area contributed by atoms with E-state index in [0.717, 1.165) is 58.8 Å². The third-order valence-electron chi connectivity index (χ3n) is 6.38. The van der Waals surface area contributed by atoms with E-state index < -0.39 is 0 Å². The van der Waals surface area contributed by atoms with Crippen LogP contribution in [0.4, 0.5) is 5.69 Å². The number of hydrogen-bond donors (Lipinski definition) is 2. The van der Waals surface area contributed by atoms with E-state index >= 15 is 0 Å². The Morgan fingerprint density at radius 2 is 1.77 bits per heavy atom. The van der Waals surface area contributed by atoms with E-state index in [1.807, 2.05) is 66.3 Å². The van der Waals surface area contributed by atoms with Gasteiger partial charge in [0.1, 0.15) is 9.71 Å². The molecule has 1 aromatic carbocycles. The zero-order chi connectivity index (χ0) is 24.4. The highest BCUT2D eigenvalue weighted by Crippen LogP contribution is 2.36. The number of piperidine rings is 1. The molecule has 1 aliphatic heterocycles. The van der Waals surface area contributed by atoms with Gasteiger partial charge in [0, 0.05) is 48.3 Å². The first-order chi connectivity index (χ1) is 17.0. The smallest absolute Gasteiger partial charge is 0.263 e. The van der Waals surface area contributed by atoms with Gasteiger partial charge in [0.05, 0.1) is 12.2 Å². The number of para-hydroxylation sites is 1. The second-order valence-corrected chi connectivity index (χ2v) is 10.1. The minimum Gasteiger partial charge on any atom is -0.348 e. The first-order valence-electron chi connectivity index (χ1n) is 11.9. The summed E-state index contributed by atoms with van der Waals surface area (Å²) in [6.07, 6.45) is 5.56. The number of aryl methyl sites for hydroxylation is 2. The van der Waals surface area contributed by atoms with E-state index in [9.17, 15) is 9.59 Å². The molecule has 0 bridgehead atoms. The van der Waals surface area contributed by atoms with Gasteiger partial charge in [0.15, 0.2) is 0 Å². The van der Waals surface area contributed by atoms with Gasteiger partial charge in [0.25, 0.3) is 5.91 Å². The third-order valence-corrected chi connectivity index (χ3v) is 7.45. The lowest BCUT2D eigenvalue weighted by Gasteiger charge is -2.31. The first-order valence-corrected chi connectivity index (χ1v) is 12.7. The van der Waals surface area contributed by atoms with Crippen molar-refractivity contribution in [3.05, 3.63) is 77.1 Å². The van der Waals surface area contributed by atoms with Gasteiger partial charge < -0.3 is 15.2 Å². The second-order valence-electron chi connectivity index (χ2n) is 9.07. The standard InChI is InChI=1S/C27H29N5O2S/c1-18-16-19(2)28-27-23(18)24(32-12-6-7-13-32)25(35-27)26(34)30-21-10-14-31(15-11-21)17-22(33)29-20-8-4-3-5-9-20/h3-9,12-13,16,21H,10-11,14-15,17H2,1-2H3,(H,29,33)(H,30,34). The van der Waals surface area contributed by atoms with E-state index in [0.29, 0.717) is 11.4 Å². The summed E-state index contributed by atoms with van der Waals surface area (Å²) in [6.45, 7) is 5.94. The van der Waals surface area contributed by atoms with Crippen molar-refractivity contribution in [1.82, 2.24) is 19.8 Å². The predicted octanol–water partition coefficient (Wildman–Crippen LogP) is 4.54. The molecule has 4 heterocycles. The van der Waals surface area contributed by atoms with Crippen LogP contribution in [0.25, 0.3) is 15.9 Å². The van der Waals surface area contributed by atoms with Gasteiger partial charge in [-0.3, -0.25) is 14.5 Å². The molecule has 0 saturated carbocycles. The van der Waals surface area contributed by atoms with Crippen LogP contribution < -0.4 is 10.6 Å². The number of aromatic nitrogens is 2. The quantitative estimate of drug-likeness (QED) is 0.419. The maximum absolute atomic E-state index is 13.4. The average Bonchev–Trinajstić information content (AvgIpc) is 3.49. The zero-order valence-electron chi connectivity index (χ0n) is 20.0. The molecule has 2 amide bonds. The van der Waals surface area contributed by atoms with Crippen molar-refractivity contribution in [3.8, 4) is 5.69 Å². The SMILES string of the molecule is Cc1cc(C)c2c(-n3cccc3)c(C(=O)NC3CCN(CC(=O)Nc4ccccc4)CC3)sc2n1. The first kappa shape index (κ1) is 23.3. The number of nitrogens with zero attached hydrogens (tertiary/aromatic N) is 3. The van der Waals surface area contributed by atoms with E-state index in [-0.39, 0.29) is 17.9 Å². The molecule has 2 N–H and O–H groups in total. The maximum atomic E-state index is 13.4. The Balaban J connectivity index is 1.25. The molecule has 0 spiro atoms. The Labute approximate surface area is 208 Å². The van der Waals surface area contributed by atoms with Gasteiger partial charge in [-0.2, -0.15) is 0 Å². The van der Waals surface area contributed by atoms with Crippen molar-refractivity contribution in [1.29, 1.82) is 0 Å². The Morgan fingerprint density at radius 3 is 2.49 bits per heavy atom. The zero-order valence-corrected chi connectivity index (χ0v) is 20.8. The third kappa shape index (κ3) is 5.13. The molecule has 1 fully saturated rings. The summed E-state index contributed by atoms with van der Waals surface area (Å²) in [6, 6.07) is 15.6. The van der Waals surface area contributed by atoms with Crippen LogP contribution in [-0.4, -0.2) is 51.9 Å². The van der Waals surface area contributed by atoms with Gasteiger partial charge in [-0.15, -0.1) is 11.3 Å². The lowest BCUT2D eigenvalue weighted by atomic mass is 10.0. The normalized spacial score (nSPS) is 14.8. The molecule has 4 aromatic rings. The van der Waals surface area contributed by atoms with Crippen LogP contribution in [0.2, 0.25) is 0 Å². The molecule has 5 rings (SSSR count). The molecule has 8 heteroatoms. The number of nitrogens with one attached hydrogen (secondary N) is 2. The molecule has 0 aliphatic carbocycles. The highest BCUT2D eigenvalue weighted by atomic mass is 32.1. The van der Waals surface area contributed by atoms with Crippen LogP contribution in [0, 0.1) is 13.8 Å². The van der Waals surface area contributed by atoms with Crippen LogP contribution in [0.5, 0.6) is 0 Å². The summed E-state index contributed by atoms with van der Waals surface area (Å²) < 4.78 is 2.01. The largest absolute Gasteiger partial charge is 0.348 e. The number of fused-ring (bicyclic) bond motifs is 1. The number of hydrogen-bond acceptors (Lipinski definition) is 5. The van der Waals surface area contributed by atoms with Crippen molar-refractivity contribution >= 4 is 39.1 Å². The minimum atomic E-state index is -0.0611. The monoisotopic (exact) mass is 487 g/mol. The summed E-state index contributed by atoms with van der Waals surface area (Å²) in [4.78, 5) is 34.2. The van der Waals surface area contributed by atoms with Crippen LogP contribution in [-0.2, 0) is 4.79 Å². The van der Waals surface area contributed by atoms with Crippen LogP contribution in [0.3, 0.4) is 0 Å². The van der Waals surface area contributed by atoms with E-state index in [1.165, 1.54) is 11.3 Å². The van der Waals surface area contributed by atoms with Gasteiger partial charge in [-0.1, -0.05) is 18.2 Å². The van der Waals surface area contributed by atoms with Gasteiger partial charge >= 0.3 is 0 Å². The molecule has 7 nitrogen and oxygen atoms in total. The number of likely N-dealkylation sites (tertiary alicyclic amines) is 1.